The summed E-state index contributed by atoms with van der Waals surface area (Å²) in [5.41, 5.74) is 3.29. The molecule has 6 heteroatoms. The van der Waals surface area contributed by atoms with Gasteiger partial charge in [0.25, 0.3) is 0 Å². The molecule has 2 aromatic heterocycles. The van der Waals surface area contributed by atoms with Gasteiger partial charge in [-0.3, -0.25) is 0 Å². The number of pyridine rings is 1. The maximum atomic E-state index is 13.7. The summed E-state index contributed by atoms with van der Waals surface area (Å²) in [4.78, 5) is 4.28. The van der Waals surface area contributed by atoms with Gasteiger partial charge in [0.05, 0.1) is 11.3 Å². The van der Waals surface area contributed by atoms with Crippen LogP contribution in [0.15, 0.2) is 77.4 Å². The molecule has 0 aliphatic rings. The van der Waals surface area contributed by atoms with Gasteiger partial charge in [-0.15, -0.1) is 0 Å². The Kier molecular flexibility index (Phi) is 5.52. The van der Waals surface area contributed by atoms with Crippen LogP contribution >= 0.6 is 0 Å². The molecule has 0 fully saturated rings. The lowest BCUT2D eigenvalue weighted by Crippen LogP contribution is -1.98. The number of nitrogens with zero attached hydrogens (tertiary/aromatic N) is 2. The first kappa shape index (κ1) is 18.7. The van der Waals surface area contributed by atoms with Crippen LogP contribution in [0.3, 0.4) is 0 Å². The molecule has 0 radical (unpaired) electrons. The molecule has 0 amide bonds. The summed E-state index contributed by atoms with van der Waals surface area (Å²) >= 11 is 0. The van der Waals surface area contributed by atoms with E-state index in [2.05, 4.69) is 15.5 Å². The van der Waals surface area contributed by atoms with Gasteiger partial charge >= 0.3 is 0 Å². The summed E-state index contributed by atoms with van der Waals surface area (Å²) in [6.07, 6.45) is 2.36. The van der Waals surface area contributed by atoms with Gasteiger partial charge in [0.1, 0.15) is 24.0 Å². The van der Waals surface area contributed by atoms with Crippen LogP contribution in [0, 0.1) is 5.82 Å². The molecule has 29 heavy (non-hydrogen) atoms. The molecule has 5 nitrogen and oxygen atoms in total. The molecule has 0 bridgehead atoms. The molecule has 0 aliphatic carbocycles. The second-order valence-corrected chi connectivity index (χ2v) is 6.53. The van der Waals surface area contributed by atoms with Crippen LogP contribution in [0.4, 0.5) is 10.2 Å². The number of anilines is 1. The van der Waals surface area contributed by atoms with Gasteiger partial charge in [-0.25, -0.2) is 9.37 Å². The fourth-order valence-electron chi connectivity index (χ4n) is 3.01. The minimum Gasteiger partial charge on any atom is -0.489 e. The SMILES string of the molecule is CNc1ncccc1-c1cc(Cc2ccc(OCc3ccccc3F)cc2)no1. The summed E-state index contributed by atoms with van der Waals surface area (Å²) in [5.74, 6) is 1.83. The normalized spacial score (nSPS) is 10.7. The summed E-state index contributed by atoms with van der Waals surface area (Å²) < 4.78 is 24.8. The standard InChI is InChI=1S/C23H20FN3O2/c1-25-23-20(6-4-12-26-23)22-14-18(27-29-22)13-16-8-10-19(11-9-16)28-15-17-5-2-3-7-21(17)24/h2-12,14H,13,15H2,1H3,(H,25,26). The van der Waals surface area contributed by atoms with Crippen LogP contribution in [-0.4, -0.2) is 17.2 Å². The molecule has 0 unspecified atom stereocenters. The van der Waals surface area contributed by atoms with E-state index >= 15 is 0 Å². The van der Waals surface area contributed by atoms with Crippen molar-refractivity contribution in [1.82, 2.24) is 10.1 Å². The zero-order chi connectivity index (χ0) is 20.1. The van der Waals surface area contributed by atoms with Crippen molar-refractivity contribution in [2.45, 2.75) is 13.0 Å². The highest BCUT2D eigenvalue weighted by Gasteiger charge is 2.11. The molecule has 146 valence electrons. The number of nitrogens with one attached hydrogen (secondary N) is 1. The van der Waals surface area contributed by atoms with Crippen molar-refractivity contribution in [1.29, 1.82) is 0 Å². The monoisotopic (exact) mass is 389 g/mol. The van der Waals surface area contributed by atoms with E-state index in [0.29, 0.717) is 23.5 Å². The Balaban J connectivity index is 1.40. The van der Waals surface area contributed by atoms with Crippen molar-refractivity contribution in [3.05, 3.63) is 95.6 Å². The Hall–Kier alpha value is -3.67. The van der Waals surface area contributed by atoms with E-state index in [1.54, 1.807) is 24.4 Å². The first-order valence-electron chi connectivity index (χ1n) is 9.27. The molecule has 2 heterocycles. The predicted octanol–water partition coefficient (Wildman–Crippen LogP) is 5.09. The molecule has 0 spiro atoms. The molecule has 0 atom stereocenters. The van der Waals surface area contributed by atoms with Crippen molar-refractivity contribution in [2.75, 3.05) is 12.4 Å². The number of aromatic nitrogens is 2. The first-order valence-corrected chi connectivity index (χ1v) is 9.27. The third kappa shape index (κ3) is 4.43. The largest absolute Gasteiger partial charge is 0.489 e. The summed E-state index contributed by atoms with van der Waals surface area (Å²) in [6.45, 7) is 0.192. The third-order valence-electron chi connectivity index (χ3n) is 4.53. The summed E-state index contributed by atoms with van der Waals surface area (Å²) in [7, 11) is 1.82. The fraction of sp³-hybridized carbons (Fsp3) is 0.130. The molecule has 2 aromatic carbocycles. The number of benzene rings is 2. The maximum Gasteiger partial charge on any atom is 0.170 e. The Morgan fingerprint density at radius 2 is 1.86 bits per heavy atom. The molecular weight excluding hydrogens is 369 g/mol. The number of halogens is 1. The Morgan fingerprint density at radius 1 is 1.03 bits per heavy atom. The third-order valence-corrected chi connectivity index (χ3v) is 4.53. The number of hydrogen-bond acceptors (Lipinski definition) is 5. The minimum atomic E-state index is -0.263. The van der Waals surface area contributed by atoms with E-state index in [-0.39, 0.29) is 12.4 Å². The highest BCUT2D eigenvalue weighted by molar-refractivity contribution is 5.71. The molecule has 4 aromatic rings. The van der Waals surface area contributed by atoms with Gasteiger partial charge in [0, 0.05) is 31.3 Å². The number of hydrogen-bond donors (Lipinski definition) is 1. The number of rotatable bonds is 7. The van der Waals surface area contributed by atoms with E-state index in [9.17, 15) is 4.39 Å². The van der Waals surface area contributed by atoms with Gasteiger partial charge < -0.3 is 14.6 Å². The molecular formula is C23H20FN3O2. The molecule has 0 saturated heterocycles. The van der Waals surface area contributed by atoms with E-state index < -0.39 is 0 Å². The van der Waals surface area contributed by atoms with Crippen LogP contribution in [0.2, 0.25) is 0 Å². The van der Waals surface area contributed by atoms with E-state index in [1.807, 2.05) is 49.5 Å². The van der Waals surface area contributed by atoms with Crippen LogP contribution in [0.25, 0.3) is 11.3 Å². The van der Waals surface area contributed by atoms with Crippen molar-refractivity contribution >= 4 is 5.82 Å². The van der Waals surface area contributed by atoms with Crippen molar-refractivity contribution in [2.24, 2.45) is 0 Å². The topological polar surface area (TPSA) is 60.2 Å². The fourth-order valence-corrected chi connectivity index (χ4v) is 3.01. The molecule has 1 N–H and O–H groups in total. The van der Waals surface area contributed by atoms with Crippen molar-refractivity contribution in [3.63, 3.8) is 0 Å². The smallest absolute Gasteiger partial charge is 0.170 e. The molecule has 0 aliphatic heterocycles. The van der Waals surface area contributed by atoms with Crippen molar-refractivity contribution < 1.29 is 13.7 Å². The van der Waals surface area contributed by atoms with Crippen LogP contribution in [0.1, 0.15) is 16.8 Å². The van der Waals surface area contributed by atoms with Crippen LogP contribution in [-0.2, 0) is 13.0 Å². The highest BCUT2D eigenvalue weighted by Crippen LogP contribution is 2.27. The minimum absolute atomic E-state index is 0.192. The Labute approximate surface area is 168 Å². The van der Waals surface area contributed by atoms with Crippen molar-refractivity contribution in [3.8, 4) is 17.1 Å². The van der Waals surface area contributed by atoms with Gasteiger partial charge in [0.15, 0.2) is 5.76 Å². The van der Waals surface area contributed by atoms with Crippen LogP contribution in [0.5, 0.6) is 5.75 Å². The van der Waals surface area contributed by atoms with E-state index in [0.717, 1.165) is 22.6 Å². The zero-order valence-corrected chi connectivity index (χ0v) is 15.9. The lowest BCUT2D eigenvalue weighted by molar-refractivity contribution is 0.300. The molecule has 4 rings (SSSR count). The second-order valence-electron chi connectivity index (χ2n) is 6.53. The summed E-state index contributed by atoms with van der Waals surface area (Å²) in [5, 5.41) is 7.22. The van der Waals surface area contributed by atoms with Gasteiger partial charge in [-0.2, -0.15) is 0 Å². The van der Waals surface area contributed by atoms with E-state index in [4.69, 9.17) is 9.26 Å². The van der Waals surface area contributed by atoms with Gasteiger partial charge in [-0.1, -0.05) is 35.5 Å². The van der Waals surface area contributed by atoms with Gasteiger partial charge in [0.2, 0.25) is 0 Å². The maximum absolute atomic E-state index is 13.7. The second kappa shape index (κ2) is 8.56. The quantitative estimate of drug-likeness (QED) is 0.477. The number of ether oxygens (including phenoxy) is 1. The van der Waals surface area contributed by atoms with Gasteiger partial charge in [-0.05, 0) is 35.9 Å². The Morgan fingerprint density at radius 3 is 2.66 bits per heavy atom. The summed E-state index contributed by atoms with van der Waals surface area (Å²) in [6, 6.07) is 20.0. The zero-order valence-electron chi connectivity index (χ0n) is 15.9. The average molecular weight is 389 g/mol. The Bertz CT molecular complexity index is 1090. The van der Waals surface area contributed by atoms with Crippen LogP contribution < -0.4 is 10.1 Å². The first-order chi connectivity index (χ1) is 14.2. The average Bonchev–Trinajstić information content (AvgIpc) is 3.22. The predicted molar refractivity (Wildman–Crippen MR) is 109 cm³/mol. The lowest BCUT2D eigenvalue weighted by atomic mass is 10.1. The molecule has 0 saturated carbocycles. The highest BCUT2D eigenvalue weighted by atomic mass is 19.1. The lowest BCUT2D eigenvalue weighted by Gasteiger charge is -2.07. The van der Waals surface area contributed by atoms with E-state index in [1.165, 1.54) is 6.07 Å².